The van der Waals surface area contributed by atoms with Crippen LogP contribution in [-0.4, -0.2) is 21.6 Å². The summed E-state index contributed by atoms with van der Waals surface area (Å²) in [6.45, 7) is 0. The molecule has 0 unspecified atom stereocenters. The first-order valence-corrected chi connectivity index (χ1v) is 5.91. The topological polar surface area (TPSA) is 61.4 Å². The number of nitriles is 1. The summed E-state index contributed by atoms with van der Waals surface area (Å²) in [6, 6.07) is 3.67. The van der Waals surface area contributed by atoms with E-state index >= 15 is 0 Å². The van der Waals surface area contributed by atoms with Crippen molar-refractivity contribution >= 4 is 34.2 Å². The molecule has 0 radical (unpaired) electrons. The molecule has 0 saturated carbocycles. The molecule has 6 heteroatoms. The van der Waals surface area contributed by atoms with Gasteiger partial charge >= 0.3 is 0 Å². The third kappa shape index (κ3) is 2.81. The number of hydrogen-bond donors (Lipinski definition) is 0. The molecule has 1 aromatic rings. The minimum Gasteiger partial charge on any atom is -0.244 e. The summed E-state index contributed by atoms with van der Waals surface area (Å²) in [7, 11) is 0. The van der Waals surface area contributed by atoms with Crippen molar-refractivity contribution in [1.82, 2.24) is 4.98 Å². The number of thioether (sulfide) groups is 1. The molecular weight excluding hydrogens is 244 g/mol. The van der Waals surface area contributed by atoms with Gasteiger partial charge in [-0.05, 0) is 11.6 Å². The van der Waals surface area contributed by atoms with Gasteiger partial charge in [-0.15, -0.1) is 4.99 Å². The third-order valence-corrected chi connectivity index (χ3v) is 3.11. The van der Waals surface area contributed by atoms with Crippen molar-refractivity contribution in [2.24, 2.45) is 9.98 Å². The van der Waals surface area contributed by atoms with E-state index in [0.717, 1.165) is 23.4 Å². The van der Waals surface area contributed by atoms with E-state index < -0.39 is 0 Å². The lowest BCUT2D eigenvalue weighted by Crippen LogP contribution is -2.02. The van der Waals surface area contributed by atoms with E-state index in [9.17, 15) is 0 Å². The summed E-state index contributed by atoms with van der Waals surface area (Å²) in [5, 5.41) is 9.41. The number of hydrogen-bond acceptors (Lipinski definition) is 4. The van der Waals surface area contributed by atoms with Crippen LogP contribution in [0.15, 0.2) is 28.3 Å². The maximum Gasteiger partial charge on any atom is 0.208 e. The molecule has 0 bridgehead atoms. The van der Waals surface area contributed by atoms with Gasteiger partial charge < -0.3 is 0 Å². The smallest absolute Gasteiger partial charge is 0.208 e. The Hall–Kier alpha value is -1.38. The van der Waals surface area contributed by atoms with E-state index in [-0.39, 0.29) is 0 Å². The van der Waals surface area contributed by atoms with Crippen LogP contribution >= 0.6 is 23.4 Å². The highest BCUT2D eigenvalue weighted by Gasteiger charge is 2.13. The van der Waals surface area contributed by atoms with Gasteiger partial charge in [-0.25, -0.2) is 9.98 Å². The monoisotopic (exact) mass is 250 g/mol. The van der Waals surface area contributed by atoms with E-state index in [0.29, 0.717) is 10.3 Å². The first kappa shape index (κ1) is 11.1. The molecule has 0 spiro atoms. The van der Waals surface area contributed by atoms with Crippen molar-refractivity contribution in [3.8, 4) is 6.19 Å². The Morgan fingerprint density at radius 1 is 1.56 bits per heavy atom. The third-order valence-electron chi connectivity index (χ3n) is 1.96. The molecule has 0 fully saturated rings. The number of aromatic nitrogens is 1. The van der Waals surface area contributed by atoms with E-state index in [2.05, 4.69) is 15.0 Å². The highest BCUT2D eigenvalue weighted by atomic mass is 35.5. The predicted octanol–water partition coefficient (Wildman–Crippen LogP) is 2.30. The average Bonchev–Trinajstić information content (AvgIpc) is 2.70. The van der Waals surface area contributed by atoms with Gasteiger partial charge in [0.25, 0.3) is 0 Å². The predicted molar refractivity (Wildman–Crippen MR) is 65.9 cm³/mol. The summed E-state index contributed by atoms with van der Waals surface area (Å²) in [5.74, 6) is 0.781. The normalized spacial score (nSPS) is 17.2. The van der Waals surface area contributed by atoms with Crippen LogP contribution in [0.3, 0.4) is 0 Å². The van der Waals surface area contributed by atoms with E-state index in [1.54, 1.807) is 18.5 Å². The first-order valence-electron chi connectivity index (χ1n) is 4.54. The zero-order valence-electron chi connectivity index (χ0n) is 8.22. The quantitative estimate of drug-likeness (QED) is 0.598. The molecule has 2 rings (SSSR count). The molecule has 0 amide bonds. The molecule has 1 aromatic heterocycles. The van der Waals surface area contributed by atoms with E-state index in [1.165, 1.54) is 11.8 Å². The van der Waals surface area contributed by atoms with Crippen molar-refractivity contribution in [3.05, 3.63) is 29.0 Å². The van der Waals surface area contributed by atoms with Crippen molar-refractivity contribution in [1.29, 1.82) is 5.26 Å². The molecule has 1 aliphatic heterocycles. The van der Waals surface area contributed by atoms with Crippen LogP contribution in [0, 0.1) is 11.5 Å². The van der Waals surface area contributed by atoms with Crippen LogP contribution < -0.4 is 0 Å². The number of nitrogens with zero attached hydrogens (tertiary/aromatic N) is 4. The number of pyridine rings is 1. The largest absolute Gasteiger partial charge is 0.244 e. The second kappa shape index (κ2) is 5.10. The fourth-order valence-electron chi connectivity index (χ4n) is 1.28. The van der Waals surface area contributed by atoms with Gasteiger partial charge in [0, 0.05) is 24.1 Å². The van der Waals surface area contributed by atoms with Crippen molar-refractivity contribution in [3.63, 3.8) is 0 Å². The summed E-state index contributed by atoms with van der Waals surface area (Å²) < 4.78 is 0. The summed E-state index contributed by atoms with van der Waals surface area (Å²) in [6.07, 6.45) is 4.19. The molecule has 0 N–H and O–H groups in total. The van der Waals surface area contributed by atoms with Crippen LogP contribution in [0.5, 0.6) is 0 Å². The lowest BCUT2D eigenvalue weighted by Gasteiger charge is -1.98. The Balaban J connectivity index is 2.07. The molecular formula is C10H7ClN4S. The van der Waals surface area contributed by atoms with Gasteiger partial charge in [0.2, 0.25) is 6.19 Å². The standard InChI is InChI=1S/C10H7ClN4S/c11-9-2-1-7(4-13-9)3-8-5-16-10(15-8)14-6-12/h1-2,4H,3,5H2. The second-order valence-electron chi connectivity index (χ2n) is 3.13. The molecule has 0 saturated heterocycles. The molecule has 0 atom stereocenters. The van der Waals surface area contributed by atoms with Gasteiger partial charge in [-0.2, -0.15) is 5.26 Å². The van der Waals surface area contributed by atoms with Gasteiger partial charge in [0.1, 0.15) is 5.15 Å². The van der Waals surface area contributed by atoms with Crippen molar-refractivity contribution in [2.45, 2.75) is 6.42 Å². The Morgan fingerprint density at radius 3 is 3.12 bits per heavy atom. The van der Waals surface area contributed by atoms with Crippen molar-refractivity contribution in [2.75, 3.05) is 5.75 Å². The highest BCUT2D eigenvalue weighted by molar-refractivity contribution is 8.14. The SMILES string of the molecule is N#CN=C1N=C(Cc2ccc(Cl)nc2)CS1. The lowest BCUT2D eigenvalue weighted by molar-refractivity contribution is 1.21. The van der Waals surface area contributed by atoms with Gasteiger partial charge in [0.15, 0.2) is 5.17 Å². The summed E-state index contributed by atoms with van der Waals surface area (Å²) in [4.78, 5) is 11.8. The Kier molecular flexibility index (Phi) is 3.54. The molecule has 16 heavy (non-hydrogen) atoms. The molecule has 2 heterocycles. The highest BCUT2D eigenvalue weighted by Crippen LogP contribution is 2.17. The first-order chi connectivity index (χ1) is 7.78. The minimum atomic E-state index is 0.484. The van der Waals surface area contributed by atoms with Gasteiger partial charge in [-0.3, -0.25) is 0 Å². The molecule has 0 aromatic carbocycles. The van der Waals surface area contributed by atoms with E-state index in [1.807, 2.05) is 6.07 Å². The van der Waals surface area contributed by atoms with Crippen LogP contribution in [-0.2, 0) is 6.42 Å². The summed E-state index contributed by atoms with van der Waals surface area (Å²) >= 11 is 7.17. The second-order valence-corrected chi connectivity index (χ2v) is 4.46. The van der Waals surface area contributed by atoms with Crippen LogP contribution in [0.4, 0.5) is 0 Å². The maximum atomic E-state index is 8.39. The Morgan fingerprint density at radius 2 is 2.44 bits per heavy atom. The maximum absolute atomic E-state index is 8.39. The van der Waals surface area contributed by atoms with Gasteiger partial charge in [0.05, 0.1) is 0 Å². The zero-order chi connectivity index (χ0) is 11.4. The molecule has 4 nitrogen and oxygen atoms in total. The van der Waals surface area contributed by atoms with Crippen LogP contribution in [0.1, 0.15) is 5.56 Å². The molecule has 0 aliphatic carbocycles. The molecule has 80 valence electrons. The fraction of sp³-hybridized carbons (Fsp3) is 0.200. The Bertz CT molecular complexity index is 487. The number of halogens is 1. The summed E-state index contributed by atoms with van der Waals surface area (Å²) in [5.41, 5.74) is 2.06. The van der Waals surface area contributed by atoms with Gasteiger partial charge in [-0.1, -0.05) is 29.4 Å². The number of aliphatic imine (C=N–C) groups is 2. The lowest BCUT2D eigenvalue weighted by atomic mass is 10.1. The fourth-order valence-corrected chi connectivity index (χ4v) is 2.16. The number of amidine groups is 1. The van der Waals surface area contributed by atoms with Crippen LogP contribution in [0.2, 0.25) is 5.15 Å². The molecule has 1 aliphatic rings. The average molecular weight is 251 g/mol. The number of rotatable bonds is 2. The Labute approximate surface area is 102 Å². The van der Waals surface area contributed by atoms with Crippen molar-refractivity contribution < 1.29 is 0 Å². The zero-order valence-corrected chi connectivity index (χ0v) is 9.79. The van der Waals surface area contributed by atoms with E-state index in [4.69, 9.17) is 16.9 Å². The van der Waals surface area contributed by atoms with Crippen LogP contribution in [0.25, 0.3) is 0 Å². The minimum absolute atomic E-state index is 0.484.